The SMILES string of the molecule is CCCCCC1=C2C(C)=C(CC)C(C)=[N+]2[B-](F)(F)n2c(C)c(CC)c(C)c21. The lowest BCUT2D eigenvalue weighted by Gasteiger charge is -2.34. The van der Waals surface area contributed by atoms with Gasteiger partial charge in [0.1, 0.15) is 5.71 Å². The van der Waals surface area contributed by atoms with E-state index in [4.69, 9.17) is 0 Å². The number of aromatic nitrogens is 1. The molecule has 0 amide bonds. The van der Waals surface area contributed by atoms with E-state index in [9.17, 15) is 0 Å². The molecule has 0 atom stereocenters. The first-order valence-corrected chi connectivity index (χ1v) is 10.5. The first kappa shape index (κ1) is 20.1. The third-order valence-electron chi connectivity index (χ3n) is 6.62. The smallest absolute Gasteiger partial charge is 0.393 e. The molecule has 3 heterocycles. The zero-order chi connectivity index (χ0) is 20.1. The van der Waals surface area contributed by atoms with Crippen LogP contribution in [0.25, 0.3) is 5.57 Å². The Hall–Kier alpha value is -1.65. The van der Waals surface area contributed by atoms with Gasteiger partial charge in [-0.3, -0.25) is 0 Å². The number of unbranched alkanes of at least 4 members (excludes halogenated alkanes) is 2. The van der Waals surface area contributed by atoms with E-state index in [2.05, 4.69) is 20.8 Å². The Bertz CT molecular complexity index is 885. The van der Waals surface area contributed by atoms with Crippen LogP contribution in [-0.2, 0) is 6.42 Å². The highest BCUT2D eigenvalue weighted by Gasteiger charge is 2.56. The predicted molar refractivity (Wildman–Crippen MR) is 112 cm³/mol. The molecule has 5 heteroatoms. The molecule has 2 aliphatic rings. The van der Waals surface area contributed by atoms with Gasteiger partial charge in [0.15, 0.2) is 5.70 Å². The molecule has 0 saturated heterocycles. The van der Waals surface area contributed by atoms with Crippen LogP contribution in [0.4, 0.5) is 8.63 Å². The Morgan fingerprint density at radius 2 is 1.59 bits per heavy atom. The first-order valence-electron chi connectivity index (χ1n) is 10.5. The van der Waals surface area contributed by atoms with Crippen molar-refractivity contribution < 1.29 is 13.1 Å². The second-order valence-electron chi connectivity index (χ2n) is 8.05. The van der Waals surface area contributed by atoms with Crippen molar-refractivity contribution in [1.82, 2.24) is 4.48 Å². The van der Waals surface area contributed by atoms with Crippen LogP contribution in [0.1, 0.15) is 89.2 Å². The highest BCUT2D eigenvalue weighted by Crippen LogP contribution is 2.46. The Labute approximate surface area is 162 Å². The average molecular weight is 374 g/mol. The molecular weight excluding hydrogens is 341 g/mol. The summed E-state index contributed by atoms with van der Waals surface area (Å²) in [5.41, 5.74) is 8.43. The summed E-state index contributed by atoms with van der Waals surface area (Å²) in [4.78, 5) is 0. The molecule has 0 radical (unpaired) electrons. The van der Waals surface area contributed by atoms with Gasteiger partial charge in [0.05, 0.1) is 0 Å². The van der Waals surface area contributed by atoms with E-state index < -0.39 is 6.97 Å². The standard InChI is InChI=1S/C22H33BF2N2/c1-8-11-12-13-20-21-14(4)18(9-2)16(6)26(21)23(24,25)27-17(7)19(10-3)15(5)22(20)27/h8-13H2,1-7H3. The van der Waals surface area contributed by atoms with Crippen molar-refractivity contribution in [2.45, 2.75) is 87.0 Å². The van der Waals surface area contributed by atoms with Crippen molar-refractivity contribution in [3.05, 3.63) is 39.4 Å². The molecule has 148 valence electrons. The van der Waals surface area contributed by atoms with Crippen LogP contribution in [0.15, 0.2) is 16.8 Å². The van der Waals surface area contributed by atoms with Gasteiger partial charge in [0.2, 0.25) is 0 Å². The highest BCUT2D eigenvalue weighted by atomic mass is 19.2. The first-order chi connectivity index (χ1) is 12.7. The van der Waals surface area contributed by atoms with Crippen molar-refractivity contribution in [2.24, 2.45) is 0 Å². The molecule has 3 rings (SSSR count). The summed E-state index contributed by atoms with van der Waals surface area (Å²) >= 11 is 0. The Morgan fingerprint density at radius 1 is 0.926 bits per heavy atom. The topological polar surface area (TPSA) is 7.94 Å². The molecule has 0 aliphatic carbocycles. The summed E-state index contributed by atoms with van der Waals surface area (Å²) in [6.45, 7) is 10.2. The Kier molecular flexibility index (Phi) is 5.26. The predicted octanol–water partition coefficient (Wildman–Crippen LogP) is 6.41. The molecule has 0 N–H and O–H groups in total. The minimum absolute atomic E-state index is 0.734. The van der Waals surface area contributed by atoms with E-state index in [1.807, 2.05) is 27.7 Å². The summed E-state index contributed by atoms with van der Waals surface area (Å²) in [6.07, 6.45) is 5.75. The van der Waals surface area contributed by atoms with Crippen LogP contribution >= 0.6 is 0 Å². The molecule has 2 aliphatic heterocycles. The van der Waals surface area contributed by atoms with Crippen LogP contribution in [-0.4, -0.2) is 21.6 Å². The highest BCUT2D eigenvalue weighted by molar-refractivity contribution is 6.58. The molecule has 0 saturated carbocycles. The molecule has 0 fully saturated rings. The number of rotatable bonds is 6. The van der Waals surface area contributed by atoms with Crippen LogP contribution in [0.3, 0.4) is 0 Å². The van der Waals surface area contributed by atoms with Crippen molar-refractivity contribution >= 4 is 18.3 Å². The number of nitrogens with zero attached hydrogens (tertiary/aromatic N) is 2. The number of allylic oxidation sites excluding steroid dienone is 3. The molecule has 1 aromatic rings. The van der Waals surface area contributed by atoms with Gasteiger partial charge < -0.3 is 17.6 Å². The number of hydrogen-bond acceptors (Lipinski definition) is 0. The fraction of sp³-hybridized carbons (Fsp3) is 0.591. The normalized spacial score (nSPS) is 18.6. The third kappa shape index (κ3) is 2.68. The largest absolute Gasteiger partial charge is 0.737 e. The molecule has 0 bridgehead atoms. The van der Waals surface area contributed by atoms with E-state index in [1.165, 1.54) is 8.96 Å². The number of fused-ring (bicyclic) bond motifs is 2. The summed E-state index contributed by atoms with van der Waals surface area (Å²) in [5.74, 6) is 0. The van der Waals surface area contributed by atoms with E-state index in [-0.39, 0.29) is 0 Å². The lowest BCUT2D eigenvalue weighted by atomic mass is 9.84. The molecular formula is C22H33BF2N2. The molecule has 0 spiro atoms. The fourth-order valence-corrected chi connectivity index (χ4v) is 5.39. The minimum atomic E-state index is -3.87. The maximum atomic E-state index is 15.9. The summed E-state index contributed by atoms with van der Waals surface area (Å²) in [7, 11) is 0. The van der Waals surface area contributed by atoms with Crippen molar-refractivity contribution in [2.75, 3.05) is 0 Å². The van der Waals surface area contributed by atoms with Crippen LogP contribution in [0, 0.1) is 13.8 Å². The second kappa shape index (κ2) is 7.07. The summed E-state index contributed by atoms with van der Waals surface area (Å²) in [5, 5.41) is 0. The molecule has 1 aromatic heterocycles. The molecule has 2 nitrogen and oxygen atoms in total. The quantitative estimate of drug-likeness (QED) is 0.402. The van der Waals surface area contributed by atoms with Gasteiger partial charge in [-0.1, -0.05) is 33.6 Å². The lowest BCUT2D eigenvalue weighted by molar-refractivity contribution is -0.364. The maximum absolute atomic E-state index is 15.9. The summed E-state index contributed by atoms with van der Waals surface area (Å²) in [6, 6.07) is 0. The molecule has 27 heavy (non-hydrogen) atoms. The monoisotopic (exact) mass is 374 g/mol. The van der Waals surface area contributed by atoms with Crippen LogP contribution in [0.5, 0.6) is 0 Å². The van der Waals surface area contributed by atoms with E-state index >= 15 is 8.63 Å². The van der Waals surface area contributed by atoms with E-state index in [1.54, 1.807) is 0 Å². The zero-order valence-corrected chi connectivity index (χ0v) is 18.0. The van der Waals surface area contributed by atoms with E-state index in [0.717, 1.165) is 89.2 Å². The zero-order valence-electron chi connectivity index (χ0n) is 18.0. The van der Waals surface area contributed by atoms with E-state index in [0.29, 0.717) is 0 Å². The molecule has 0 unspecified atom stereocenters. The molecule has 0 aromatic carbocycles. The van der Waals surface area contributed by atoms with Gasteiger partial charge in [-0.25, -0.2) is 0 Å². The van der Waals surface area contributed by atoms with Crippen molar-refractivity contribution in [3.8, 4) is 0 Å². The van der Waals surface area contributed by atoms with Crippen LogP contribution < -0.4 is 0 Å². The minimum Gasteiger partial charge on any atom is -0.393 e. The van der Waals surface area contributed by atoms with Crippen molar-refractivity contribution in [3.63, 3.8) is 0 Å². The Morgan fingerprint density at radius 3 is 2.15 bits per heavy atom. The summed E-state index contributed by atoms with van der Waals surface area (Å²) < 4.78 is 34.6. The van der Waals surface area contributed by atoms with Crippen molar-refractivity contribution in [1.29, 1.82) is 0 Å². The fourth-order valence-electron chi connectivity index (χ4n) is 5.39. The third-order valence-corrected chi connectivity index (χ3v) is 6.62. The average Bonchev–Trinajstić information content (AvgIpc) is 3.02. The number of halogens is 2. The maximum Gasteiger partial charge on any atom is 0.737 e. The number of hydrogen-bond donors (Lipinski definition) is 0. The van der Waals surface area contributed by atoms with Gasteiger partial charge in [-0.2, -0.15) is 0 Å². The van der Waals surface area contributed by atoms with Gasteiger partial charge in [-0.15, -0.1) is 0 Å². The van der Waals surface area contributed by atoms with Crippen LogP contribution in [0.2, 0.25) is 0 Å². The van der Waals surface area contributed by atoms with Gasteiger partial charge in [0.25, 0.3) is 0 Å². The van der Waals surface area contributed by atoms with Gasteiger partial charge >= 0.3 is 6.97 Å². The lowest BCUT2D eigenvalue weighted by Crippen LogP contribution is -2.51. The Balaban J connectivity index is 2.38. The van der Waals surface area contributed by atoms with Gasteiger partial charge in [-0.05, 0) is 63.3 Å². The second-order valence-corrected chi connectivity index (χ2v) is 8.05. The van der Waals surface area contributed by atoms with Gasteiger partial charge in [0, 0.05) is 29.3 Å².